The van der Waals surface area contributed by atoms with E-state index in [0.717, 1.165) is 57.8 Å². The average molecular weight is 370 g/mol. The third-order valence-electron chi connectivity index (χ3n) is 5.05. The molecule has 0 aliphatic carbocycles. The molecule has 2 fully saturated rings. The van der Waals surface area contributed by atoms with Crippen LogP contribution in [0.2, 0.25) is 0 Å². The first-order valence-electron chi connectivity index (χ1n) is 10.3. The monoisotopic (exact) mass is 369 g/mol. The summed E-state index contributed by atoms with van der Waals surface area (Å²) in [5, 5.41) is 17.4. The zero-order valence-electron chi connectivity index (χ0n) is 17.0. The predicted molar refractivity (Wildman–Crippen MR) is 107 cm³/mol. The maximum Gasteiger partial charge on any atom is 0.191 e. The highest BCUT2D eigenvalue weighted by molar-refractivity contribution is 5.79. The fourth-order valence-electron chi connectivity index (χ4n) is 3.70. The molecule has 0 aromatic rings. The van der Waals surface area contributed by atoms with Crippen LogP contribution in [0.15, 0.2) is 4.99 Å². The van der Waals surface area contributed by atoms with Gasteiger partial charge >= 0.3 is 0 Å². The Labute approximate surface area is 159 Å². The number of aliphatic hydroxyl groups is 1. The van der Waals surface area contributed by atoms with Gasteiger partial charge in [-0.15, -0.1) is 0 Å². The van der Waals surface area contributed by atoms with Crippen LogP contribution in [0.1, 0.15) is 33.6 Å². The molecule has 2 unspecified atom stereocenters. The SMILES string of the molecule is CCNC(=NCC(C)(O)CN1CCOCC1)NCCN1CCCC(C)C1. The minimum atomic E-state index is -0.831. The Morgan fingerprint density at radius 3 is 2.69 bits per heavy atom. The number of β-amino-alcohol motifs (C(OH)–C–C–N with tert-alkyl or cyclic N) is 1. The van der Waals surface area contributed by atoms with Crippen LogP contribution in [-0.4, -0.2) is 98.6 Å². The molecular formula is C19H39N5O2. The Hall–Kier alpha value is -0.890. The van der Waals surface area contributed by atoms with Crippen molar-refractivity contribution < 1.29 is 9.84 Å². The minimum absolute atomic E-state index is 0.389. The highest BCUT2D eigenvalue weighted by Gasteiger charge is 2.25. The second-order valence-electron chi connectivity index (χ2n) is 8.06. The summed E-state index contributed by atoms with van der Waals surface area (Å²) in [6, 6.07) is 0. The molecule has 3 N–H and O–H groups in total. The normalized spacial score (nSPS) is 25.7. The predicted octanol–water partition coefficient (Wildman–Crippen LogP) is 0.357. The van der Waals surface area contributed by atoms with Crippen molar-refractivity contribution in [2.75, 3.05) is 72.1 Å². The molecule has 0 bridgehead atoms. The van der Waals surface area contributed by atoms with Gasteiger partial charge in [0.15, 0.2) is 5.96 Å². The largest absolute Gasteiger partial charge is 0.387 e. The first-order chi connectivity index (χ1) is 12.5. The molecule has 2 saturated heterocycles. The molecule has 2 rings (SSSR count). The Morgan fingerprint density at radius 2 is 2.00 bits per heavy atom. The van der Waals surface area contributed by atoms with E-state index in [9.17, 15) is 5.11 Å². The summed E-state index contributed by atoms with van der Waals surface area (Å²) < 4.78 is 5.37. The van der Waals surface area contributed by atoms with Gasteiger partial charge in [0.05, 0.1) is 25.4 Å². The number of nitrogens with zero attached hydrogens (tertiary/aromatic N) is 3. The van der Waals surface area contributed by atoms with E-state index in [1.165, 1.54) is 25.9 Å². The number of likely N-dealkylation sites (tertiary alicyclic amines) is 1. The molecule has 2 aliphatic heterocycles. The van der Waals surface area contributed by atoms with Gasteiger partial charge in [-0.05, 0) is 39.2 Å². The summed E-state index contributed by atoms with van der Waals surface area (Å²) in [6.07, 6.45) is 2.66. The Morgan fingerprint density at radius 1 is 1.23 bits per heavy atom. The molecule has 152 valence electrons. The molecular weight excluding hydrogens is 330 g/mol. The maximum atomic E-state index is 10.7. The lowest BCUT2D eigenvalue weighted by Crippen LogP contribution is -2.48. The molecule has 0 amide bonds. The van der Waals surface area contributed by atoms with E-state index >= 15 is 0 Å². The molecule has 7 heteroatoms. The number of piperidine rings is 1. The Balaban J connectivity index is 1.75. The standard InChI is InChI=1S/C19H39N5O2/c1-4-20-18(21-7-9-23-8-5-6-17(2)14-23)22-15-19(3,25)16-24-10-12-26-13-11-24/h17,25H,4-16H2,1-3H3,(H2,20,21,22). The lowest BCUT2D eigenvalue weighted by molar-refractivity contribution is -0.0180. The molecule has 2 atom stereocenters. The minimum Gasteiger partial charge on any atom is -0.387 e. The van der Waals surface area contributed by atoms with E-state index in [-0.39, 0.29) is 0 Å². The molecule has 2 heterocycles. The number of guanidine groups is 1. The lowest BCUT2D eigenvalue weighted by atomic mass is 10.0. The van der Waals surface area contributed by atoms with Gasteiger partial charge in [0.2, 0.25) is 0 Å². The quantitative estimate of drug-likeness (QED) is 0.424. The van der Waals surface area contributed by atoms with E-state index < -0.39 is 5.60 Å². The van der Waals surface area contributed by atoms with Gasteiger partial charge in [-0.25, -0.2) is 0 Å². The van der Waals surface area contributed by atoms with Gasteiger partial charge in [0, 0.05) is 45.8 Å². The number of hydrogen-bond donors (Lipinski definition) is 3. The van der Waals surface area contributed by atoms with Crippen LogP contribution in [0.4, 0.5) is 0 Å². The van der Waals surface area contributed by atoms with Crippen LogP contribution in [0.25, 0.3) is 0 Å². The summed E-state index contributed by atoms with van der Waals surface area (Å²) in [5.74, 6) is 1.60. The van der Waals surface area contributed by atoms with Crippen molar-refractivity contribution >= 4 is 5.96 Å². The van der Waals surface area contributed by atoms with Crippen molar-refractivity contribution in [3.8, 4) is 0 Å². The summed E-state index contributed by atoms with van der Waals surface area (Å²) in [4.78, 5) is 9.39. The van der Waals surface area contributed by atoms with Gasteiger partial charge in [-0.2, -0.15) is 0 Å². The molecule has 0 radical (unpaired) electrons. The van der Waals surface area contributed by atoms with E-state index in [4.69, 9.17) is 4.74 Å². The average Bonchev–Trinajstić information content (AvgIpc) is 2.60. The van der Waals surface area contributed by atoms with Crippen LogP contribution in [-0.2, 0) is 4.74 Å². The van der Waals surface area contributed by atoms with E-state index in [2.05, 4.69) is 39.3 Å². The number of rotatable bonds is 8. The van der Waals surface area contributed by atoms with E-state index in [1.807, 2.05) is 6.92 Å². The van der Waals surface area contributed by atoms with Gasteiger partial charge in [-0.1, -0.05) is 6.92 Å². The van der Waals surface area contributed by atoms with Crippen LogP contribution in [0.5, 0.6) is 0 Å². The Bertz CT molecular complexity index is 424. The third-order valence-corrected chi connectivity index (χ3v) is 5.05. The smallest absolute Gasteiger partial charge is 0.191 e. The number of nitrogens with one attached hydrogen (secondary N) is 2. The van der Waals surface area contributed by atoms with E-state index in [0.29, 0.717) is 13.1 Å². The summed E-state index contributed by atoms with van der Waals surface area (Å²) >= 11 is 0. The maximum absolute atomic E-state index is 10.7. The van der Waals surface area contributed by atoms with Crippen LogP contribution in [0.3, 0.4) is 0 Å². The molecule has 0 saturated carbocycles. The fraction of sp³-hybridized carbons (Fsp3) is 0.947. The highest BCUT2D eigenvalue weighted by Crippen LogP contribution is 2.14. The van der Waals surface area contributed by atoms with Crippen molar-refractivity contribution in [1.29, 1.82) is 0 Å². The molecule has 0 aromatic carbocycles. The number of aliphatic imine (C=N–C) groups is 1. The first-order valence-corrected chi connectivity index (χ1v) is 10.3. The van der Waals surface area contributed by atoms with E-state index in [1.54, 1.807) is 0 Å². The molecule has 2 aliphatic rings. The zero-order chi connectivity index (χ0) is 18.8. The Kier molecular flexibility index (Phi) is 9.11. The van der Waals surface area contributed by atoms with Crippen molar-refractivity contribution in [3.63, 3.8) is 0 Å². The summed E-state index contributed by atoms with van der Waals surface area (Å²) in [6.45, 7) is 15.7. The van der Waals surface area contributed by atoms with Crippen molar-refractivity contribution in [2.45, 2.75) is 39.2 Å². The highest BCUT2D eigenvalue weighted by atomic mass is 16.5. The second-order valence-corrected chi connectivity index (χ2v) is 8.06. The molecule has 0 aromatic heterocycles. The van der Waals surface area contributed by atoms with Gasteiger partial charge in [-0.3, -0.25) is 9.89 Å². The van der Waals surface area contributed by atoms with Crippen LogP contribution < -0.4 is 10.6 Å². The van der Waals surface area contributed by atoms with Gasteiger partial charge < -0.3 is 25.4 Å². The summed E-state index contributed by atoms with van der Waals surface area (Å²) in [5.41, 5.74) is -0.831. The molecule has 7 nitrogen and oxygen atoms in total. The molecule has 0 spiro atoms. The van der Waals surface area contributed by atoms with Crippen molar-refractivity contribution in [2.24, 2.45) is 10.9 Å². The van der Waals surface area contributed by atoms with Gasteiger partial charge in [0.1, 0.15) is 0 Å². The number of hydrogen-bond acceptors (Lipinski definition) is 5. The zero-order valence-corrected chi connectivity index (χ0v) is 17.0. The third kappa shape index (κ3) is 8.20. The van der Waals surface area contributed by atoms with Crippen LogP contribution >= 0.6 is 0 Å². The fourth-order valence-corrected chi connectivity index (χ4v) is 3.70. The lowest BCUT2D eigenvalue weighted by Gasteiger charge is -2.33. The molecule has 26 heavy (non-hydrogen) atoms. The first kappa shape index (κ1) is 21.4. The number of ether oxygens (including phenoxy) is 1. The van der Waals surface area contributed by atoms with Gasteiger partial charge in [0.25, 0.3) is 0 Å². The van der Waals surface area contributed by atoms with Crippen LogP contribution in [0, 0.1) is 5.92 Å². The second kappa shape index (κ2) is 11.1. The van der Waals surface area contributed by atoms with Crippen molar-refractivity contribution in [1.82, 2.24) is 20.4 Å². The van der Waals surface area contributed by atoms with Crippen molar-refractivity contribution in [3.05, 3.63) is 0 Å². The topological polar surface area (TPSA) is 72.4 Å². The summed E-state index contributed by atoms with van der Waals surface area (Å²) in [7, 11) is 0. The number of morpholine rings is 1.